The van der Waals surface area contributed by atoms with Crippen molar-refractivity contribution in [3.05, 3.63) is 0 Å². The van der Waals surface area contributed by atoms with Gasteiger partial charge in [0.1, 0.15) is 0 Å². The maximum atomic E-state index is 9.10. The van der Waals surface area contributed by atoms with Crippen LogP contribution in [0.1, 0.15) is 0 Å². The monoisotopic (exact) mass is 325 g/mol. The maximum absolute atomic E-state index is 9.10. The molecule has 0 spiro atoms. The molecule has 0 fully saturated rings. The van der Waals surface area contributed by atoms with Gasteiger partial charge < -0.3 is 20.4 Å². The van der Waals surface area contributed by atoms with E-state index in [2.05, 4.69) is 0 Å². The molecule has 0 aromatic heterocycles. The van der Waals surface area contributed by atoms with Gasteiger partial charge in [0.05, 0.1) is 0 Å². The minimum absolute atomic E-state index is 1.82. The zero-order valence-corrected chi connectivity index (χ0v) is 9.48. The quantitative estimate of drug-likeness (QED) is 0.197. The van der Waals surface area contributed by atoms with Crippen LogP contribution in [0, 0.1) is 0 Å². The van der Waals surface area contributed by atoms with E-state index in [9.17, 15) is 0 Å². The first kappa shape index (κ1) is 19.8. The van der Waals surface area contributed by atoms with Gasteiger partial charge in [-0.2, -0.15) is 0 Å². The molecule has 0 radical (unpaired) electrons. The molecule has 0 atom stereocenters. The molecule has 0 bridgehead atoms. The Kier molecular flexibility index (Phi) is 14.2. The first-order chi connectivity index (χ1) is 7.02. The summed E-state index contributed by atoms with van der Waals surface area (Å²) in [5.41, 5.74) is 0. The van der Waals surface area contributed by atoms with Crippen LogP contribution in [0.25, 0.3) is 0 Å². The second kappa shape index (κ2) is 11.4. The van der Waals surface area contributed by atoms with E-state index in [4.69, 9.17) is 50.1 Å². The van der Waals surface area contributed by atoms with Crippen molar-refractivity contribution >= 4 is 23.9 Å². The van der Waals surface area contributed by atoms with Crippen LogP contribution in [-0.4, -0.2) is 51.5 Å². The molecule has 0 amide bonds. The fourth-order valence-electron chi connectivity index (χ4n) is 0. The topological polar surface area (TPSA) is 212 Å². The van der Waals surface area contributed by atoms with E-state index >= 15 is 0 Å². The molecular weight excluding hydrogens is 317 g/mol. The zero-order valence-electron chi connectivity index (χ0n) is 7.28. The standard InChI is InChI=1S/2C2H2O4.Nb.2H2O.O/c2*3-1(4)2(5)6;;;;/h2*(H,3,4)(H,5,6);;2*1H2;/q;;+2;;;. The molecule has 0 rings (SSSR count). The molecule has 0 aliphatic rings. The van der Waals surface area contributed by atoms with Gasteiger partial charge >= 0.3 is 53.6 Å². The molecule has 0 saturated carbocycles. The number of hydrogen-bond donors (Lipinski definition) is 4. The fraction of sp³-hybridized carbons (Fsp3) is 0. The van der Waals surface area contributed by atoms with Gasteiger partial charge in [0.15, 0.2) is 0 Å². The Morgan fingerprint density at radius 3 is 0.750 bits per heavy atom. The average Bonchev–Trinajstić information content (AvgIpc) is 2.03. The van der Waals surface area contributed by atoms with E-state index in [-0.39, 0.29) is 0 Å². The van der Waals surface area contributed by atoms with Crippen LogP contribution in [-0.2, 0) is 41.6 Å². The van der Waals surface area contributed by atoms with Crippen molar-refractivity contribution in [2.45, 2.75) is 0 Å². The van der Waals surface area contributed by atoms with Crippen LogP contribution in [0.15, 0.2) is 0 Å². The summed E-state index contributed by atoms with van der Waals surface area (Å²) in [6.45, 7) is 0. The molecule has 0 aromatic carbocycles. The molecule has 93 valence electrons. The molecule has 11 nitrogen and oxygen atoms in total. The molecule has 16 heavy (non-hydrogen) atoms. The van der Waals surface area contributed by atoms with Gasteiger partial charge in [0.25, 0.3) is 0 Å². The molecular formula is C4H8NbO11+2. The van der Waals surface area contributed by atoms with Gasteiger partial charge in [-0.1, -0.05) is 0 Å². The number of rotatable bonds is 0. The first-order valence-corrected chi connectivity index (χ1v) is 5.94. The predicted octanol–water partition coefficient (Wildman–Crippen LogP) is -3.46. The molecule has 8 N–H and O–H groups in total. The summed E-state index contributed by atoms with van der Waals surface area (Å²) in [6.07, 6.45) is 0. The van der Waals surface area contributed by atoms with Crippen molar-refractivity contribution in [3.8, 4) is 0 Å². The Morgan fingerprint density at radius 2 is 0.750 bits per heavy atom. The number of carbonyl (C=O) groups is 4. The van der Waals surface area contributed by atoms with Crippen molar-refractivity contribution in [2.24, 2.45) is 0 Å². The third-order valence-electron chi connectivity index (χ3n) is 0.366. The van der Waals surface area contributed by atoms with Crippen molar-refractivity contribution in [1.82, 2.24) is 0 Å². The van der Waals surface area contributed by atoms with E-state index in [1.54, 1.807) is 0 Å². The van der Waals surface area contributed by atoms with Crippen LogP contribution in [0.2, 0.25) is 0 Å². The van der Waals surface area contributed by atoms with E-state index in [0.29, 0.717) is 0 Å². The third-order valence-corrected chi connectivity index (χ3v) is 0.366. The Morgan fingerprint density at radius 1 is 0.688 bits per heavy atom. The normalized spacial score (nSPS) is 7.12. The SMILES string of the molecule is O=C(O)C(=O)O.O=C(O)C(=O)O.[O]=[Nb]([OH2+])[OH2+]. The molecule has 12 heteroatoms. The summed E-state index contributed by atoms with van der Waals surface area (Å²) in [5, 5.41) is 29.6. The fourth-order valence-corrected chi connectivity index (χ4v) is 0. The van der Waals surface area contributed by atoms with Gasteiger partial charge in [0, 0.05) is 0 Å². The molecule has 0 aromatic rings. The van der Waals surface area contributed by atoms with E-state index < -0.39 is 43.1 Å². The van der Waals surface area contributed by atoms with Gasteiger partial charge in [-0.3, -0.25) is 0 Å². The molecule has 0 heterocycles. The van der Waals surface area contributed by atoms with Gasteiger partial charge in [-0.15, -0.1) is 0 Å². The van der Waals surface area contributed by atoms with E-state index in [1.807, 2.05) is 0 Å². The van der Waals surface area contributed by atoms with Crippen LogP contribution in [0.5, 0.6) is 0 Å². The van der Waals surface area contributed by atoms with Crippen molar-refractivity contribution in [1.29, 1.82) is 0 Å². The summed E-state index contributed by atoms with van der Waals surface area (Å²) >= 11 is -3.20. The second-order valence-electron chi connectivity index (χ2n) is 1.51. The number of carboxylic acids is 4. The minimum atomic E-state index is -3.20. The van der Waals surface area contributed by atoms with Crippen LogP contribution >= 0.6 is 0 Å². The Bertz CT molecular complexity index is 240. The van der Waals surface area contributed by atoms with Crippen molar-refractivity contribution in [2.75, 3.05) is 0 Å². The van der Waals surface area contributed by atoms with Crippen LogP contribution < -0.4 is 0 Å². The second-order valence-corrected chi connectivity index (χ2v) is 2.96. The molecule has 0 aliphatic carbocycles. The average molecular weight is 325 g/mol. The summed E-state index contributed by atoms with van der Waals surface area (Å²) < 4.78 is 20.8. The summed E-state index contributed by atoms with van der Waals surface area (Å²) in [6, 6.07) is 0. The van der Waals surface area contributed by atoms with Crippen LogP contribution in [0.3, 0.4) is 0 Å². The van der Waals surface area contributed by atoms with Crippen LogP contribution in [0.4, 0.5) is 0 Å². The van der Waals surface area contributed by atoms with Crippen molar-refractivity contribution < 1.29 is 69.3 Å². The summed E-state index contributed by atoms with van der Waals surface area (Å²) in [4.78, 5) is 36.4. The van der Waals surface area contributed by atoms with Gasteiger partial charge in [-0.05, 0) is 0 Å². The first-order valence-electron chi connectivity index (χ1n) is 2.84. The zero-order chi connectivity index (χ0) is 13.9. The summed E-state index contributed by atoms with van der Waals surface area (Å²) in [5.74, 6) is -7.30. The van der Waals surface area contributed by atoms with Gasteiger partial charge in [-0.25, -0.2) is 19.2 Å². The Labute approximate surface area is 93.6 Å². The predicted molar refractivity (Wildman–Crippen MR) is 38.5 cm³/mol. The van der Waals surface area contributed by atoms with E-state index in [0.717, 1.165) is 0 Å². The number of hydrogen-bond acceptors (Lipinski definition) is 5. The molecule has 0 unspecified atom stereocenters. The Balaban J connectivity index is -0.000000162. The third kappa shape index (κ3) is 39.5. The molecule has 0 aliphatic heterocycles. The van der Waals surface area contributed by atoms with Gasteiger partial charge in [0.2, 0.25) is 0 Å². The van der Waals surface area contributed by atoms with E-state index in [1.165, 1.54) is 0 Å². The number of carboxylic acid groups (broad SMARTS) is 4. The molecule has 0 saturated heterocycles. The summed E-state index contributed by atoms with van der Waals surface area (Å²) in [7, 11) is 0. The number of aliphatic carboxylic acids is 4. The van der Waals surface area contributed by atoms with Crippen molar-refractivity contribution in [3.63, 3.8) is 0 Å². The Hall–Kier alpha value is -1.66.